The first kappa shape index (κ1) is 6.62. The van der Waals surface area contributed by atoms with Gasteiger partial charge in [-0.1, -0.05) is 0 Å². The van der Waals surface area contributed by atoms with Crippen LogP contribution in [0.3, 0.4) is 0 Å². The van der Waals surface area contributed by atoms with Crippen molar-refractivity contribution in [3.8, 4) is 6.19 Å². The molecule has 0 aliphatic carbocycles. The Labute approximate surface area is 58.9 Å². The molecule has 1 aromatic heterocycles. The minimum atomic E-state index is 0.665. The van der Waals surface area contributed by atoms with E-state index in [0.717, 1.165) is 12.1 Å². The first-order valence-electron chi connectivity index (χ1n) is 3.02. The number of imidazole rings is 1. The van der Waals surface area contributed by atoms with Gasteiger partial charge in [0.25, 0.3) is 0 Å². The van der Waals surface area contributed by atoms with Crippen molar-refractivity contribution in [3.05, 3.63) is 18.2 Å². The lowest BCUT2D eigenvalue weighted by Gasteiger charge is -1.92. The molecule has 0 fully saturated rings. The molecule has 0 spiro atoms. The first-order valence-corrected chi connectivity index (χ1v) is 3.02. The predicted molar refractivity (Wildman–Crippen MR) is 35.9 cm³/mol. The van der Waals surface area contributed by atoms with Crippen molar-refractivity contribution in [2.75, 3.05) is 6.54 Å². The van der Waals surface area contributed by atoms with Crippen molar-refractivity contribution in [2.24, 2.45) is 0 Å². The van der Waals surface area contributed by atoms with Gasteiger partial charge in [0.15, 0.2) is 6.19 Å². The van der Waals surface area contributed by atoms with Crippen LogP contribution in [0.2, 0.25) is 0 Å². The van der Waals surface area contributed by atoms with Gasteiger partial charge in [0.05, 0.1) is 6.33 Å². The van der Waals surface area contributed by atoms with Crippen LogP contribution in [0.15, 0.2) is 12.5 Å². The van der Waals surface area contributed by atoms with E-state index >= 15 is 0 Å². The van der Waals surface area contributed by atoms with Crippen LogP contribution in [0.25, 0.3) is 0 Å². The summed E-state index contributed by atoms with van der Waals surface area (Å²) in [6, 6.07) is 0. The molecular weight excluding hydrogens is 128 g/mol. The van der Waals surface area contributed by atoms with Crippen LogP contribution < -0.4 is 5.32 Å². The largest absolute Gasteiger partial charge is 0.348 e. The molecule has 0 unspecified atom stereocenters. The second-order valence-corrected chi connectivity index (χ2v) is 1.87. The van der Waals surface area contributed by atoms with E-state index in [1.165, 1.54) is 0 Å². The quantitative estimate of drug-likeness (QED) is 0.350. The number of nitrogens with zero attached hydrogens (tertiary/aromatic N) is 2. The van der Waals surface area contributed by atoms with Gasteiger partial charge in [0.2, 0.25) is 0 Å². The van der Waals surface area contributed by atoms with E-state index in [0.29, 0.717) is 6.54 Å². The topological polar surface area (TPSA) is 64.5 Å². The summed E-state index contributed by atoms with van der Waals surface area (Å²) in [4.78, 5) is 6.77. The van der Waals surface area contributed by atoms with E-state index in [9.17, 15) is 0 Å². The number of rotatable bonds is 3. The highest BCUT2D eigenvalue weighted by Crippen LogP contribution is 1.89. The highest BCUT2D eigenvalue weighted by molar-refractivity contribution is 4.94. The molecule has 0 aliphatic rings. The number of hydrogen-bond donors (Lipinski definition) is 2. The Hall–Kier alpha value is -1.50. The fraction of sp³-hybridized carbons (Fsp3) is 0.333. The molecule has 0 aromatic carbocycles. The maximum Gasteiger partial charge on any atom is 0.176 e. The molecule has 0 saturated heterocycles. The SMILES string of the molecule is N#CNCCc1cnc[nH]1. The molecule has 52 valence electrons. The second-order valence-electron chi connectivity index (χ2n) is 1.87. The van der Waals surface area contributed by atoms with E-state index < -0.39 is 0 Å². The number of H-pyrrole nitrogens is 1. The lowest BCUT2D eigenvalue weighted by Crippen LogP contribution is -2.09. The van der Waals surface area contributed by atoms with Gasteiger partial charge < -0.3 is 10.3 Å². The number of nitrogens with one attached hydrogen (secondary N) is 2. The molecule has 10 heavy (non-hydrogen) atoms. The van der Waals surface area contributed by atoms with E-state index in [1.807, 2.05) is 6.19 Å². The minimum absolute atomic E-state index is 0.665. The smallest absolute Gasteiger partial charge is 0.176 e. The number of aromatic nitrogens is 2. The van der Waals surface area contributed by atoms with Crippen molar-refractivity contribution >= 4 is 0 Å². The Morgan fingerprint density at radius 1 is 1.80 bits per heavy atom. The van der Waals surface area contributed by atoms with Crippen LogP contribution in [0, 0.1) is 11.5 Å². The van der Waals surface area contributed by atoms with Crippen LogP contribution in [0.4, 0.5) is 0 Å². The molecular formula is C6H8N4. The van der Waals surface area contributed by atoms with E-state index in [-0.39, 0.29) is 0 Å². The predicted octanol–water partition coefficient (Wildman–Crippen LogP) is 0.0229. The normalized spacial score (nSPS) is 8.70. The zero-order valence-corrected chi connectivity index (χ0v) is 5.46. The molecule has 1 heterocycles. The molecule has 4 nitrogen and oxygen atoms in total. The molecule has 0 atom stereocenters. The molecule has 0 saturated carbocycles. The van der Waals surface area contributed by atoms with Gasteiger partial charge in [-0.15, -0.1) is 0 Å². The van der Waals surface area contributed by atoms with E-state index in [1.54, 1.807) is 12.5 Å². The minimum Gasteiger partial charge on any atom is -0.348 e. The van der Waals surface area contributed by atoms with Crippen molar-refractivity contribution in [2.45, 2.75) is 6.42 Å². The Morgan fingerprint density at radius 2 is 2.70 bits per heavy atom. The van der Waals surface area contributed by atoms with Gasteiger partial charge in [-0.3, -0.25) is 0 Å². The van der Waals surface area contributed by atoms with Crippen molar-refractivity contribution in [1.82, 2.24) is 15.3 Å². The summed E-state index contributed by atoms with van der Waals surface area (Å²) in [6.07, 6.45) is 6.03. The van der Waals surface area contributed by atoms with Crippen LogP contribution >= 0.6 is 0 Å². The summed E-state index contributed by atoms with van der Waals surface area (Å²) in [5.41, 5.74) is 1.04. The number of hydrogen-bond acceptors (Lipinski definition) is 3. The Bertz CT molecular complexity index is 208. The van der Waals surface area contributed by atoms with Gasteiger partial charge in [0, 0.05) is 24.9 Å². The van der Waals surface area contributed by atoms with Gasteiger partial charge >= 0.3 is 0 Å². The zero-order chi connectivity index (χ0) is 7.23. The number of nitriles is 1. The highest BCUT2D eigenvalue weighted by Gasteiger charge is 1.90. The Balaban J connectivity index is 2.23. The molecule has 2 N–H and O–H groups in total. The monoisotopic (exact) mass is 136 g/mol. The zero-order valence-electron chi connectivity index (χ0n) is 5.46. The van der Waals surface area contributed by atoms with Crippen molar-refractivity contribution in [3.63, 3.8) is 0 Å². The van der Waals surface area contributed by atoms with Crippen LogP contribution in [0.1, 0.15) is 5.69 Å². The lowest BCUT2D eigenvalue weighted by molar-refractivity contribution is 0.827. The molecule has 4 heteroatoms. The summed E-state index contributed by atoms with van der Waals surface area (Å²) in [5.74, 6) is 0. The maximum absolute atomic E-state index is 8.11. The molecule has 0 aliphatic heterocycles. The van der Waals surface area contributed by atoms with Crippen LogP contribution in [-0.2, 0) is 6.42 Å². The van der Waals surface area contributed by atoms with Gasteiger partial charge in [0.1, 0.15) is 0 Å². The maximum atomic E-state index is 8.11. The summed E-state index contributed by atoms with van der Waals surface area (Å²) in [5, 5.41) is 10.7. The molecule has 0 amide bonds. The Kier molecular flexibility index (Phi) is 2.32. The van der Waals surface area contributed by atoms with Crippen LogP contribution in [-0.4, -0.2) is 16.5 Å². The lowest BCUT2D eigenvalue weighted by atomic mass is 10.3. The van der Waals surface area contributed by atoms with E-state index in [4.69, 9.17) is 5.26 Å². The molecule has 0 radical (unpaired) electrons. The van der Waals surface area contributed by atoms with Gasteiger partial charge in [-0.2, -0.15) is 5.26 Å². The molecule has 1 aromatic rings. The second kappa shape index (κ2) is 3.51. The standard InChI is InChI=1S/C6H8N4/c7-4-8-2-1-6-3-9-5-10-6/h3,5,8H,1-2H2,(H,9,10). The third-order valence-corrected chi connectivity index (χ3v) is 1.15. The summed E-state index contributed by atoms with van der Waals surface area (Å²) < 4.78 is 0. The van der Waals surface area contributed by atoms with Crippen molar-refractivity contribution < 1.29 is 0 Å². The fourth-order valence-electron chi connectivity index (χ4n) is 0.674. The van der Waals surface area contributed by atoms with Crippen LogP contribution in [0.5, 0.6) is 0 Å². The Morgan fingerprint density at radius 3 is 3.30 bits per heavy atom. The molecule has 1 rings (SSSR count). The summed E-state index contributed by atoms with van der Waals surface area (Å²) >= 11 is 0. The first-order chi connectivity index (χ1) is 4.93. The number of aromatic amines is 1. The fourth-order valence-corrected chi connectivity index (χ4v) is 0.674. The van der Waals surface area contributed by atoms with Crippen molar-refractivity contribution in [1.29, 1.82) is 5.26 Å². The van der Waals surface area contributed by atoms with E-state index in [2.05, 4.69) is 15.3 Å². The summed E-state index contributed by atoms with van der Waals surface area (Å²) in [7, 11) is 0. The highest BCUT2D eigenvalue weighted by atomic mass is 14.9. The average Bonchev–Trinajstić information content (AvgIpc) is 2.41. The average molecular weight is 136 g/mol. The molecule has 0 bridgehead atoms. The third kappa shape index (κ3) is 1.78. The van der Waals surface area contributed by atoms with Gasteiger partial charge in [-0.25, -0.2) is 4.98 Å². The third-order valence-electron chi connectivity index (χ3n) is 1.15. The van der Waals surface area contributed by atoms with Gasteiger partial charge in [-0.05, 0) is 0 Å². The summed E-state index contributed by atoms with van der Waals surface area (Å²) in [6.45, 7) is 0.665.